The van der Waals surface area contributed by atoms with Crippen LogP contribution in [0.1, 0.15) is 515 Å². The van der Waals surface area contributed by atoms with Crippen molar-refractivity contribution < 1.29 is 24.5 Å². The van der Waals surface area contributed by atoms with Crippen LogP contribution < -0.4 is 5.32 Å². The molecule has 0 saturated carbocycles. The number of aliphatic hydroxyl groups excluding tert-OH is 2. The number of esters is 1. The summed E-state index contributed by atoms with van der Waals surface area (Å²) in [6, 6.07) is -0.624. The standard InChI is InChI=1S/C88H173NO5/c1-3-5-7-9-11-13-15-17-19-20-21-22-40-43-46-49-53-56-60-64-68-72-76-80-86(91)85(84-90)89-87(92)81-77-73-69-65-61-57-54-50-47-44-41-38-36-34-32-30-28-26-24-23-25-27-29-31-33-35-37-39-42-45-48-51-55-59-63-67-71-75-79-83-94-88(93)82-78-74-70-66-62-58-52-18-16-14-12-10-8-6-4-2/h76,80,85-86,90-91H,3-75,77-79,81-84H2,1-2H3,(H,89,92)/b80-76+. The van der Waals surface area contributed by atoms with Crippen molar-refractivity contribution in [2.45, 2.75) is 527 Å². The number of hydrogen-bond acceptors (Lipinski definition) is 5. The van der Waals surface area contributed by atoms with Crippen LogP contribution in [0, 0.1) is 0 Å². The number of nitrogens with one attached hydrogen (secondary N) is 1. The number of allylic oxidation sites excluding steroid dienone is 1. The average molecular weight is 1330 g/mol. The molecule has 0 saturated heterocycles. The van der Waals surface area contributed by atoms with Crippen LogP contribution in [0.25, 0.3) is 0 Å². The van der Waals surface area contributed by atoms with Crippen LogP contribution in [0.2, 0.25) is 0 Å². The molecule has 560 valence electrons. The number of aliphatic hydroxyl groups is 2. The van der Waals surface area contributed by atoms with Gasteiger partial charge in [0, 0.05) is 12.8 Å². The zero-order valence-electron chi connectivity index (χ0n) is 64.5. The third kappa shape index (κ3) is 79.6. The fourth-order valence-electron chi connectivity index (χ4n) is 14.4. The predicted molar refractivity (Wildman–Crippen MR) is 417 cm³/mol. The number of amides is 1. The zero-order valence-corrected chi connectivity index (χ0v) is 64.5. The SMILES string of the molecule is CCCCCCCCCCCCCCCCCCCCCCC/C=C/C(O)C(CO)NC(=O)CCCCCCCCCCCCCCCCCCCCCCCCCCCCCCCCCCCCCCCCCOC(=O)CCCCCCCCCCCCCCCCC. The van der Waals surface area contributed by atoms with Crippen molar-refractivity contribution in [3.8, 4) is 0 Å². The summed E-state index contributed by atoms with van der Waals surface area (Å²) in [5, 5.41) is 23.3. The Labute approximate surface area is 590 Å². The minimum atomic E-state index is -0.841. The van der Waals surface area contributed by atoms with Crippen molar-refractivity contribution in [2.75, 3.05) is 13.2 Å². The minimum absolute atomic E-state index is 0.0282. The first-order chi connectivity index (χ1) is 46.5. The molecular formula is C88H173NO5. The van der Waals surface area contributed by atoms with Gasteiger partial charge in [0.05, 0.1) is 25.4 Å². The maximum absolute atomic E-state index is 12.6. The summed E-state index contributed by atoms with van der Waals surface area (Å²) in [7, 11) is 0. The van der Waals surface area contributed by atoms with E-state index in [4.69, 9.17) is 4.74 Å². The Morgan fingerprint density at radius 1 is 0.287 bits per heavy atom. The first-order valence-electron chi connectivity index (χ1n) is 44.0. The highest BCUT2D eigenvalue weighted by molar-refractivity contribution is 5.76. The van der Waals surface area contributed by atoms with Gasteiger partial charge in [-0.1, -0.05) is 482 Å². The maximum Gasteiger partial charge on any atom is 0.305 e. The molecule has 3 N–H and O–H groups in total. The number of unbranched alkanes of at least 4 members (excludes halogenated alkanes) is 73. The van der Waals surface area contributed by atoms with Crippen LogP contribution >= 0.6 is 0 Å². The molecule has 0 fully saturated rings. The topological polar surface area (TPSA) is 95.9 Å². The van der Waals surface area contributed by atoms with Crippen LogP contribution in [-0.2, 0) is 14.3 Å². The molecule has 2 atom stereocenters. The molecule has 1 amide bonds. The Morgan fingerprint density at radius 3 is 0.723 bits per heavy atom. The van der Waals surface area contributed by atoms with Crippen molar-refractivity contribution in [2.24, 2.45) is 0 Å². The molecule has 94 heavy (non-hydrogen) atoms. The van der Waals surface area contributed by atoms with E-state index in [1.807, 2.05) is 6.08 Å². The first-order valence-corrected chi connectivity index (χ1v) is 44.0. The van der Waals surface area contributed by atoms with E-state index >= 15 is 0 Å². The normalized spacial score (nSPS) is 12.4. The van der Waals surface area contributed by atoms with Crippen molar-refractivity contribution in [1.29, 1.82) is 0 Å². The summed E-state index contributed by atoms with van der Waals surface area (Å²) in [4.78, 5) is 24.7. The Morgan fingerprint density at radius 2 is 0.489 bits per heavy atom. The monoisotopic (exact) mass is 1320 g/mol. The third-order valence-corrected chi connectivity index (χ3v) is 21.1. The lowest BCUT2D eigenvalue weighted by molar-refractivity contribution is -0.143. The zero-order chi connectivity index (χ0) is 67.7. The van der Waals surface area contributed by atoms with Crippen molar-refractivity contribution in [1.82, 2.24) is 5.32 Å². The van der Waals surface area contributed by atoms with Gasteiger partial charge in [-0.25, -0.2) is 0 Å². The molecule has 2 unspecified atom stereocenters. The van der Waals surface area contributed by atoms with Gasteiger partial charge in [-0.05, 0) is 32.1 Å². The highest BCUT2D eigenvalue weighted by Gasteiger charge is 2.18. The van der Waals surface area contributed by atoms with Gasteiger partial charge in [-0.15, -0.1) is 0 Å². The van der Waals surface area contributed by atoms with Gasteiger partial charge in [-0.2, -0.15) is 0 Å². The Bertz CT molecular complexity index is 1430. The van der Waals surface area contributed by atoms with Crippen LogP contribution in [-0.4, -0.2) is 47.4 Å². The molecule has 0 aliphatic rings. The smallest absolute Gasteiger partial charge is 0.305 e. The summed E-state index contributed by atoms with van der Waals surface area (Å²) in [5.74, 6) is -0.0276. The van der Waals surface area contributed by atoms with Crippen molar-refractivity contribution in [3.05, 3.63) is 12.2 Å². The van der Waals surface area contributed by atoms with E-state index in [0.717, 1.165) is 38.5 Å². The third-order valence-electron chi connectivity index (χ3n) is 21.1. The molecule has 6 nitrogen and oxygen atoms in total. The van der Waals surface area contributed by atoms with Gasteiger partial charge in [0.15, 0.2) is 0 Å². The highest BCUT2D eigenvalue weighted by Crippen LogP contribution is 2.21. The van der Waals surface area contributed by atoms with Gasteiger partial charge in [0.25, 0.3) is 0 Å². The van der Waals surface area contributed by atoms with Crippen LogP contribution in [0.4, 0.5) is 0 Å². The molecule has 0 aliphatic heterocycles. The van der Waals surface area contributed by atoms with E-state index in [-0.39, 0.29) is 18.5 Å². The summed E-state index contributed by atoms with van der Waals surface area (Å²) in [5.41, 5.74) is 0. The maximum atomic E-state index is 12.6. The lowest BCUT2D eigenvalue weighted by Gasteiger charge is -2.20. The van der Waals surface area contributed by atoms with Crippen molar-refractivity contribution >= 4 is 11.9 Å². The van der Waals surface area contributed by atoms with E-state index in [1.54, 1.807) is 6.08 Å². The van der Waals surface area contributed by atoms with Crippen molar-refractivity contribution in [3.63, 3.8) is 0 Å². The molecule has 0 bridgehead atoms. The van der Waals surface area contributed by atoms with Crippen LogP contribution in [0.15, 0.2) is 12.2 Å². The second kappa shape index (κ2) is 84.0. The first kappa shape index (κ1) is 92.6. The van der Waals surface area contributed by atoms with E-state index in [0.29, 0.717) is 19.4 Å². The summed E-state index contributed by atoms with van der Waals surface area (Å²) >= 11 is 0. The molecule has 0 aliphatic carbocycles. The number of ether oxygens (including phenoxy) is 1. The van der Waals surface area contributed by atoms with E-state index in [2.05, 4.69) is 19.2 Å². The fourth-order valence-corrected chi connectivity index (χ4v) is 14.4. The molecule has 0 heterocycles. The minimum Gasteiger partial charge on any atom is -0.466 e. The second-order valence-electron chi connectivity index (χ2n) is 30.6. The molecule has 0 rings (SSSR count). The predicted octanol–water partition coefficient (Wildman–Crippen LogP) is 29.4. The lowest BCUT2D eigenvalue weighted by Crippen LogP contribution is -2.45. The Hall–Kier alpha value is -1.40. The molecule has 0 aromatic rings. The van der Waals surface area contributed by atoms with E-state index in [1.165, 1.54) is 449 Å². The number of hydrogen-bond donors (Lipinski definition) is 3. The Balaban J connectivity index is 3.31. The number of rotatable bonds is 84. The molecule has 0 aromatic heterocycles. The van der Waals surface area contributed by atoms with Gasteiger partial charge in [-0.3, -0.25) is 9.59 Å². The van der Waals surface area contributed by atoms with Gasteiger partial charge in [0.1, 0.15) is 0 Å². The summed E-state index contributed by atoms with van der Waals surface area (Å²) in [6.07, 6.45) is 108. The van der Waals surface area contributed by atoms with Gasteiger partial charge >= 0.3 is 5.97 Å². The highest BCUT2D eigenvalue weighted by atomic mass is 16.5. The van der Waals surface area contributed by atoms with Crippen LogP contribution in [0.5, 0.6) is 0 Å². The fraction of sp³-hybridized carbons (Fsp3) is 0.955. The molecule has 6 heteroatoms. The molecule has 0 spiro atoms. The van der Waals surface area contributed by atoms with Gasteiger partial charge in [0.2, 0.25) is 5.91 Å². The van der Waals surface area contributed by atoms with Gasteiger partial charge < -0.3 is 20.3 Å². The van der Waals surface area contributed by atoms with Crippen LogP contribution in [0.3, 0.4) is 0 Å². The summed E-state index contributed by atoms with van der Waals surface area (Å²) in [6.45, 7) is 4.98. The number of carbonyl (C=O) groups is 2. The quantitative estimate of drug-likeness (QED) is 0.0320. The molecule has 0 radical (unpaired) electrons. The second-order valence-corrected chi connectivity index (χ2v) is 30.6. The molecule has 0 aromatic carbocycles. The largest absolute Gasteiger partial charge is 0.466 e. The Kier molecular flexibility index (Phi) is 82.8. The molecular weight excluding hydrogens is 1150 g/mol. The number of carbonyl (C=O) groups excluding carboxylic acids is 2. The summed E-state index contributed by atoms with van der Waals surface area (Å²) < 4.78 is 5.51. The van der Waals surface area contributed by atoms with E-state index in [9.17, 15) is 19.8 Å². The lowest BCUT2D eigenvalue weighted by atomic mass is 10.0. The average Bonchev–Trinajstić information content (AvgIpc) is 3.23. The van der Waals surface area contributed by atoms with E-state index < -0.39 is 12.1 Å².